The van der Waals surface area contributed by atoms with Crippen molar-refractivity contribution in [2.45, 2.75) is 81.4 Å². The number of aromatic nitrogens is 1. The lowest BCUT2D eigenvalue weighted by Gasteiger charge is -2.36. The van der Waals surface area contributed by atoms with Crippen LogP contribution in [0.25, 0.3) is 10.2 Å². The van der Waals surface area contributed by atoms with Crippen LogP contribution in [0.3, 0.4) is 0 Å². The maximum Gasteiger partial charge on any atom is 0.407 e. The van der Waals surface area contributed by atoms with Gasteiger partial charge in [-0.15, -0.1) is 0 Å². The molecule has 3 aliphatic heterocycles. The number of aliphatic hydroxyl groups excluding tert-OH is 1. The standard InChI is InChI=1S/C34H42F2N4O7S2/c1-18(2)14-40(49(43,44)24-6-8-27-30(13-24)48-33(38-27)37-23-4-5-23)15-29(41)28(11-19-9-21(35)12-22(36)10-19)39-34(42)47-31-20-3-7-25-26(31)17-46-32(25)45-16-20/h6,8-10,12-13,18,20,23,25-26,28-29,31-32,41H,3-5,7,11,14-17H2,1-2H3,(H,37,38)(H,39,42). The number of amides is 1. The number of halogens is 2. The summed E-state index contributed by atoms with van der Waals surface area (Å²) in [5, 5.41) is 18.5. The molecule has 3 saturated heterocycles. The lowest BCUT2D eigenvalue weighted by molar-refractivity contribution is -0.135. The van der Waals surface area contributed by atoms with Gasteiger partial charge >= 0.3 is 6.09 Å². The number of thiazole rings is 1. The average molecular weight is 721 g/mol. The Morgan fingerprint density at radius 2 is 1.82 bits per heavy atom. The molecule has 0 spiro atoms. The van der Waals surface area contributed by atoms with Crippen LogP contribution in [-0.4, -0.2) is 85.8 Å². The van der Waals surface area contributed by atoms with Gasteiger partial charge in [0.2, 0.25) is 10.0 Å². The second-order valence-corrected chi connectivity index (χ2v) is 17.1. The predicted molar refractivity (Wildman–Crippen MR) is 179 cm³/mol. The number of carbonyl (C=O) groups excluding carboxylic acids is 1. The summed E-state index contributed by atoms with van der Waals surface area (Å²) in [4.78, 5) is 18.1. The fourth-order valence-electron chi connectivity index (χ4n) is 7.28. The highest BCUT2D eigenvalue weighted by Crippen LogP contribution is 2.46. The van der Waals surface area contributed by atoms with E-state index in [-0.39, 0.29) is 53.4 Å². The molecule has 2 saturated carbocycles. The molecule has 4 heterocycles. The highest BCUT2D eigenvalue weighted by atomic mass is 32.2. The maximum atomic E-state index is 14.2. The van der Waals surface area contributed by atoms with Gasteiger partial charge in [0.05, 0.1) is 40.5 Å². The average Bonchev–Trinajstić information content (AvgIpc) is 3.69. The molecule has 2 aliphatic carbocycles. The number of aliphatic hydroxyl groups is 1. The van der Waals surface area contributed by atoms with E-state index in [9.17, 15) is 27.1 Å². The van der Waals surface area contributed by atoms with Crippen molar-refractivity contribution in [2.75, 3.05) is 31.6 Å². The van der Waals surface area contributed by atoms with Gasteiger partial charge < -0.3 is 30.0 Å². The topological polar surface area (TPSA) is 139 Å². The van der Waals surface area contributed by atoms with Gasteiger partial charge in [0.15, 0.2) is 11.4 Å². The normalized spacial score (nSPS) is 26.2. The second kappa shape index (κ2) is 14.0. The van der Waals surface area contributed by atoms with Crippen molar-refractivity contribution in [3.8, 4) is 0 Å². The molecule has 4 bridgehead atoms. The van der Waals surface area contributed by atoms with Gasteiger partial charge in [-0.3, -0.25) is 0 Å². The quantitative estimate of drug-likeness (QED) is 0.225. The van der Waals surface area contributed by atoms with Crippen LogP contribution in [0.4, 0.5) is 18.7 Å². The minimum absolute atomic E-state index is 0.00952. The Bertz CT molecular complexity index is 1770. The fraction of sp³-hybridized carbons (Fsp3) is 0.588. The summed E-state index contributed by atoms with van der Waals surface area (Å²) in [6, 6.07) is 6.98. The largest absolute Gasteiger partial charge is 0.445 e. The number of ether oxygens (including phenoxy) is 3. The molecule has 5 fully saturated rings. The Morgan fingerprint density at radius 3 is 2.55 bits per heavy atom. The van der Waals surface area contributed by atoms with E-state index in [1.807, 2.05) is 13.8 Å². The summed E-state index contributed by atoms with van der Waals surface area (Å²) in [5.41, 5.74) is 0.862. The van der Waals surface area contributed by atoms with Crippen LogP contribution in [0.2, 0.25) is 0 Å². The van der Waals surface area contributed by atoms with Crippen LogP contribution < -0.4 is 10.6 Å². The van der Waals surface area contributed by atoms with Crippen molar-refractivity contribution in [2.24, 2.45) is 23.7 Å². The van der Waals surface area contributed by atoms with E-state index in [4.69, 9.17) is 14.2 Å². The summed E-state index contributed by atoms with van der Waals surface area (Å²) in [6.07, 6.45) is 0.661. The Morgan fingerprint density at radius 1 is 1.06 bits per heavy atom. The van der Waals surface area contributed by atoms with E-state index in [1.54, 1.807) is 12.1 Å². The minimum Gasteiger partial charge on any atom is -0.445 e. The number of sulfonamides is 1. The molecule has 15 heteroatoms. The van der Waals surface area contributed by atoms with Crippen LogP contribution in [-0.2, 0) is 30.7 Å². The Balaban J connectivity index is 1.12. The van der Waals surface area contributed by atoms with E-state index in [2.05, 4.69) is 15.6 Å². The van der Waals surface area contributed by atoms with Gasteiger partial charge in [0.25, 0.3) is 0 Å². The molecule has 2 aromatic carbocycles. The summed E-state index contributed by atoms with van der Waals surface area (Å²) in [7, 11) is -4.13. The van der Waals surface area contributed by atoms with Crippen molar-refractivity contribution in [1.29, 1.82) is 0 Å². The number of alkyl carbamates (subject to hydrolysis) is 1. The summed E-state index contributed by atoms with van der Waals surface area (Å²) < 4.78 is 76.2. The lowest BCUT2D eigenvalue weighted by atomic mass is 9.74. The second-order valence-electron chi connectivity index (χ2n) is 14.2. The third kappa shape index (κ3) is 7.71. The van der Waals surface area contributed by atoms with Crippen LogP contribution in [0.15, 0.2) is 41.3 Å². The number of anilines is 1. The molecule has 1 aromatic heterocycles. The van der Waals surface area contributed by atoms with Crippen molar-refractivity contribution < 1.29 is 41.3 Å². The molecule has 11 nitrogen and oxygen atoms in total. The highest BCUT2D eigenvalue weighted by molar-refractivity contribution is 7.89. The first-order valence-corrected chi connectivity index (χ1v) is 19.2. The van der Waals surface area contributed by atoms with Crippen molar-refractivity contribution in [3.63, 3.8) is 0 Å². The number of rotatable bonds is 13. The van der Waals surface area contributed by atoms with Crippen molar-refractivity contribution >= 4 is 42.8 Å². The number of nitrogens with one attached hydrogen (secondary N) is 2. The van der Waals surface area contributed by atoms with Gasteiger partial charge in [0, 0.05) is 43.0 Å². The molecule has 49 heavy (non-hydrogen) atoms. The summed E-state index contributed by atoms with van der Waals surface area (Å²) in [6.45, 7) is 4.22. The van der Waals surface area contributed by atoms with Crippen LogP contribution in [0, 0.1) is 35.3 Å². The van der Waals surface area contributed by atoms with Gasteiger partial charge in [-0.1, -0.05) is 25.2 Å². The Kier molecular flexibility index (Phi) is 9.85. The van der Waals surface area contributed by atoms with Gasteiger partial charge in [-0.05, 0) is 73.9 Å². The van der Waals surface area contributed by atoms with E-state index in [0.29, 0.717) is 29.5 Å². The number of hydrogen-bond acceptors (Lipinski definition) is 10. The first-order valence-electron chi connectivity index (χ1n) is 16.9. The zero-order valence-electron chi connectivity index (χ0n) is 27.4. The molecule has 7 unspecified atom stereocenters. The summed E-state index contributed by atoms with van der Waals surface area (Å²) in [5.74, 6) is -1.65. The Hall–Kier alpha value is -2.95. The van der Waals surface area contributed by atoms with E-state index in [1.165, 1.54) is 21.7 Å². The molecule has 3 aromatic rings. The zero-order valence-corrected chi connectivity index (χ0v) is 29.0. The highest BCUT2D eigenvalue weighted by Gasteiger charge is 2.52. The molecule has 266 valence electrons. The van der Waals surface area contributed by atoms with E-state index in [0.717, 1.165) is 49.0 Å². The smallest absolute Gasteiger partial charge is 0.407 e. The van der Waals surface area contributed by atoms with Gasteiger partial charge in [-0.25, -0.2) is 27.0 Å². The molecular weight excluding hydrogens is 679 g/mol. The van der Waals surface area contributed by atoms with Gasteiger partial charge in [0.1, 0.15) is 17.7 Å². The Labute approximate surface area is 288 Å². The molecule has 0 radical (unpaired) electrons. The molecule has 5 aliphatic rings. The summed E-state index contributed by atoms with van der Waals surface area (Å²) >= 11 is 1.38. The first kappa shape index (κ1) is 34.5. The van der Waals surface area contributed by atoms with Crippen molar-refractivity contribution in [1.82, 2.24) is 14.6 Å². The van der Waals surface area contributed by atoms with E-state index < -0.39 is 52.5 Å². The van der Waals surface area contributed by atoms with E-state index >= 15 is 0 Å². The van der Waals surface area contributed by atoms with Gasteiger partial charge in [-0.2, -0.15) is 4.31 Å². The lowest BCUT2D eigenvalue weighted by Crippen LogP contribution is -2.52. The fourth-order valence-corrected chi connectivity index (χ4v) is 9.99. The monoisotopic (exact) mass is 720 g/mol. The van der Waals surface area contributed by atoms with Crippen LogP contribution in [0.5, 0.6) is 0 Å². The number of hydrogen-bond donors (Lipinski definition) is 3. The molecule has 7 atom stereocenters. The third-order valence-electron chi connectivity index (χ3n) is 9.84. The first-order chi connectivity index (χ1) is 23.4. The third-order valence-corrected chi connectivity index (χ3v) is 12.6. The maximum absolute atomic E-state index is 14.2. The molecular formula is C34H42F2N4O7S2. The number of benzene rings is 2. The number of nitrogens with zero attached hydrogens (tertiary/aromatic N) is 2. The SMILES string of the molecule is CC(C)CN(CC(O)C(Cc1cc(F)cc(F)c1)NC(=O)OC1C2CCC3C(OC2)OCC31)S(=O)(=O)c1ccc2nc(NC3CC3)sc2c1. The molecule has 1 amide bonds. The molecule has 3 N–H and O–H groups in total. The number of carbonyl (C=O) groups is 1. The predicted octanol–water partition coefficient (Wildman–Crippen LogP) is 4.89. The molecule has 8 rings (SSSR count). The van der Waals surface area contributed by atoms with Crippen molar-refractivity contribution in [3.05, 3.63) is 53.6 Å². The van der Waals surface area contributed by atoms with Crippen LogP contribution in [0.1, 0.15) is 45.1 Å². The zero-order chi connectivity index (χ0) is 34.4. The number of fused-ring (bicyclic) bond motifs is 3. The van der Waals surface area contributed by atoms with Crippen LogP contribution >= 0.6 is 11.3 Å². The minimum atomic E-state index is -4.13.